The molecule has 4 aromatic carbocycles. The highest BCUT2D eigenvalue weighted by Gasteiger charge is 2.17. The number of carbonyl (C=O) groups excluding carboxylic acids is 2. The van der Waals surface area contributed by atoms with E-state index in [2.05, 4.69) is 52.9 Å². The van der Waals surface area contributed by atoms with Gasteiger partial charge in [-0.05, 0) is 65.3 Å². The fraction of sp³-hybridized carbons (Fsp3) is 0.222. The minimum Gasteiger partial charge on any atom is -0.361 e. The molecule has 214 valence electrons. The molecule has 0 aliphatic heterocycles. The molecule has 42 heavy (non-hydrogen) atoms. The van der Waals surface area contributed by atoms with Crippen molar-refractivity contribution in [3.8, 4) is 11.1 Å². The average molecular weight is 559 g/mol. The average Bonchev–Trinajstić information content (AvgIpc) is 3.45. The Labute approximate surface area is 247 Å². The van der Waals surface area contributed by atoms with E-state index in [1.54, 1.807) is 0 Å². The van der Waals surface area contributed by atoms with E-state index in [1.807, 2.05) is 71.6 Å². The summed E-state index contributed by atoms with van der Waals surface area (Å²) in [5.74, 6) is 0.00754. The maximum absolute atomic E-state index is 13.6. The Morgan fingerprint density at radius 1 is 0.810 bits per heavy atom. The van der Waals surface area contributed by atoms with E-state index in [0.29, 0.717) is 38.2 Å². The van der Waals surface area contributed by atoms with Crippen molar-refractivity contribution in [1.82, 2.24) is 15.2 Å². The Kier molecular flexibility index (Phi) is 9.81. The third-order valence-corrected chi connectivity index (χ3v) is 7.59. The molecule has 5 rings (SSSR count). The van der Waals surface area contributed by atoms with E-state index in [-0.39, 0.29) is 11.8 Å². The van der Waals surface area contributed by atoms with Gasteiger partial charge in [0.1, 0.15) is 0 Å². The van der Waals surface area contributed by atoms with Crippen LogP contribution in [-0.2, 0) is 24.2 Å². The first-order chi connectivity index (χ1) is 20.6. The normalized spacial score (nSPS) is 11.0. The molecular weight excluding hydrogens is 520 g/mol. The van der Waals surface area contributed by atoms with Crippen molar-refractivity contribution in [2.75, 3.05) is 19.6 Å². The van der Waals surface area contributed by atoms with Gasteiger partial charge in [-0.2, -0.15) is 0 Å². The number of aromatic amines is 1. The summed E-state index contributed by atoms with van der Waals surface area (Å²) in [6.45, 7) is 1.93. The number of carbonyl (C=O) groups is 2. The zero-order chi connectivity index (χ0) is 29.1. The van der Waals surface area contributed by atoms with Gasteiger partial charge in [-0.3, -0.25) is 9.59 Å². The zero-order valence-corrected chi connectivity index (χ0v) is 23.9. The predicted molar refractivity (Wildman–Crippen MR) is 170 cm³/mol. The topological polar surface area (TPSA) is 91.2 Å². The summed E-state index contributed by atoms with van der Waals surface area (Å²) in [6.07, 6.45) is 4.99. The largest absolute Gasteiger partial charge is 0.361 e. The van der Waals surface area contributed by atoms with Crippen LogP contribution in [0.5, 0.6) is 0 Å². The van der Waals surface area contributed by atoms with Crippen molar-refractivity contribution >= 4 is 22.7 Å². The number of fused-ring (bicyclic) bond motifs is 1. The maximum atomic E-state index is 13.6. The molecule has 5 aromatic rings. The standard InChI is InChI=1S/C36H38N4O2/c37-21-22-38-36(42)33-17-5-4-15-31(33)29-14-8-13-28(24-29)26-40(35(41)19-9-12-27-10-2-1-3-11-27)23-20-30-25-39-34-18-7-6-16-32(30)34/h1-8,10-11,13-18,24-25,39H,9,12,19-23,26,37H2,(H,38,42). The van der Waals surface area contributed by atoms with Crippen molar-refractivity contribution in [2.24, 2.45) is 5.73 Å². The lowest BCUT2D eigenvalue weighted by atomic mass is 9.97. The molecule has 0 atom stereocenters. The molecule has 6 heteroatoms. The first kappa shape index (κ1) is 28.8. The zero-order valence-electron chi connectivity index (χ0n) is 23.9. The predicted octanol–water partition coefficient (Wildman–Crippen LogP) is 6.12. The molecule has 0 radical (unpaired) electrons. The van der Waals surface area contributed by atoms with Gasteiger partial charge in [0.25, 0.3) is 5.91 Å². The van der Waals surface area contributed by atoms with E-state index < -0.39 is 0 Å². The minimum atomic E-state index is -0.143. The van der Waals surface area contributed by atoms with Crippen LogP contribution in [0.4, 0.5) is 0 Å². The fourth-order valence-electron chi connectivity index (χ4n) is 5.40. The molecule has 0 aliphatic rings. The summed E-state index contributed by atoms with van der Waals surface area (Å²) in [6, 6.07) is 34.3. The van der Waals surface area contributed by atoms with Gasteiger partial charge in [-0.1, -0.05) is 84.9 Å². The fourth-order valence-corrected chi connectivity index (χ4v) is 5.40. The highest BCUT2D eigenvalue weighted by molar-refractivity contribution is 6.00. The monoisotopic (exact) mass is 558 g/mol. The highest BCUT2D eigenvalue weighted by Crippen LogP contribution is 2.26. The molecule has 1 aromatic heterocycles. The van der Waals surface area contributed by atoms with E-state index in [1.165, 1.54) is 16.5 Å². The van der Waals surface area contributed by atoms with Gasteiger partial charge in [0.2, 0.25) is 5.91 Å². The number of benzene rings is 4. The third kappa shape index (κ3) is 7.33. The van der Waals surface area contributed by atoms with Gasteiger partial charge in [-0.25, -0.2) is 0 Å². The van der Waals surface area contributed by atoms with Crippen LogP contribution in [0.15, 0.2) is 109 Å². The van der Waals surface area contributed by atoms with Gasteiger partial charge < -0.3 is 20.9 Å². The number of aromatic nitrogens is 1. The van der Waals surface area contributed by atoms with E-state index in [9.17, 15) is 9.59 Å². The van der Waals surface area contributed by atoms with Crippen molar-refractivity contribution < 1.29 is 9.59 Å². The molecular formula is C36H38N4O2. The summed E-state index contributed by atoms with van der Waals surface area (Å²) >= 11 is 0. The molecule has 2 amide bonds. The second kappa shape index (κ2) is 14.3. The van der Waals surface area contributed by atoms with E-state index in [4.69, 9.17) is 5.73 Å². The number of H-pyrrole nitrogens is 1. The molecule has 6 nitrogen and oxygen atoms in total. The molecule has 4 N–H and O–H groups in total. The Balaban J connectivity index is 1.34. The van der Waals surface area contributed by atoms with Gasteiger partial charge in [-0.15, -0.1) is 0 Å². The number of rotatable bonds is 13. The number of hydrogen-bond donors (Lipinski definition) is 3. The SMILES string of the molecule is NCCNC(=O)c1ccccc1-c1cccc(CN(CCc2c[nH]c3ccccc23)C(=O)CCCc2ccccc2)c1. The number of nitrogens with zero attached hydrogens (tertiary/aromatic N) is 1. The smallest absolute Gasteiger partial charge is 0.251 e. The molecule has 1 heterocycles. The van der Waals surface area contributed by atoms with Gasteiger partial charge >= 0.3 is 0 Å². The van der Waals surface area contributed by atoms with Gasteiger partial charge in [0.15, 0.2) is 0 Å². The van der Waals surface area contributed by atoms with Crippen LogP contribution >= 0.6 is 0 Å². The highest BCUT2D eigenvalue weighted by atomic mass is 16.2. The van der Waals surface area contributed by atoms with Crippen LogP contribution in [0.25, 0.3) is 22.0 Å². The third-order valence-electron chi connectivity index (χ3n) is 7.59. The summed E-state index contributed by atoms with van der Waals surface area (Å²) < 4.78 is 0. The summed E-state index contributed by atoms with van der Waals surface area (Å²) in [4.78, 5) is 31.8. The number of aryl methyl sites for hydroxylation is 1. The molecule has 0 bridgehead atoms. The molecule has 0 spiro atoms. The number of nitrogens with one attached hydrogen (secondary N) is 2. The second-order valence-corrected chi connectivity index (χ2v) is 10.6. The second-order valence-electron chi connectivity index (χ2n) is 10.6. The number of para-hydroxylation sites is 1. The summed E-state index contributed by atoms with van der Waals surface area (Å²) in [5, 5.41) is 4.07. The lowest BCUT2D eigenvalue weighted by Gasteiger charge is -2.23. The first-order valence-electron chi connectivity index (χ1n) is 14.7. The van der Waals surface area contributed by atoms with E-state index in [0.717, 1.165) is 41.5 Å². The minimum absolute atomic E-state index is 0.143. The Hall–Kier alpha value is -4.68. The lowest BCUT2D eigenvalue weighted by molar-refractivity contribution is -0.131. The van der Waals surface area contributed by atoms with Crippen molar-refractivity contribution in [3.05, 3.63) is 132 Å². The quantitative estimate of drug-likeness (QED) is 0.163. The molecule has 0 fully saturated rings. The molecule has 0 unspecified atom stereocenters. The lowest BCUT2D eigenvalue weighted by Crippen LogP contribution is -2.32. The van der Waals surface area contributed by atoms with Crippen molar-refractivity contribution in [3.63, 3.8) is 0 Å². The van der Waals surface area contributed by atoms with E-state index >= 15 is 0 Å². The van der Waals surface area contributed by atoms with Crippen LogP contribution in [0, 0.1) is 0 Å². The Morgan fingerprint density at radius 2 is 1.57 bits per heavy atom. The molecule has 0 saturated carbocycles. The Bertz CT molecular complexity index is 1630. The van der Waals surface area contributed by atoms with Crippen LogP contribution in [0.3, 0.4) is 0 Å². The van der Waals surface area contributed by atoms with Gasteiger partial charge in [0.05, 0.1) is 0 Å². The van der Waals surface area contributed by atoms with Crippen LogP contribution in [0.1, 0.15) is 39.9 Å². The van der Waals surface area contributed by atoms with Crippen molar-refractivity contribution in [1.29, 1.82) is 0 Å². The summed E-state index contributed by atoms with van der Waals surface area (Å²) in [5.41, 5.74) is 12.6. The molecule has 0 saturated heterocycles. The first-order valence-corrected chi connectivity index (χ1v) is 14.7. The van der Waals surface area contributed by atoms with Gasteiger partial charge in [0, 0.05) is 55.3 Å². The summed E-state index contributed by atoms with van der Waals surface area (Å²) in [7, 11) is 0. The maximum Gasteiger partial charge on any atom is 0.251 e. The van der Waals surface area contributed by atoms with Crippen LogP contribution in [0.2, 0.25) is 0 Å². The van der Waals surface area contributed by atoms with Crippen LogP contribution in [-0.4, -0.2) is 41.3 Å². The number of amides is 2. The Morgan fingerprint density at radius 3 is 2.43 bits per heavy atom. The van der Waals surface area contributed by atoms with Crippen LogP contribution < -0.4 is 11.1 Å². The van der Waals surface area contributed by atoms with Crippen molar-refractivity contribution in [2.45, 2.75) is 32.2 Å². The molecule has 0 aliphatic carbocycles. The number of nitrogens with two attached hydrogens (primary N) is 1. The number of hydrogen-bond acceptors (Lipinski definition) is 3.